The zero-order valence-corrected chi connectivity index (χ0v) is 22.7. The standard InChI is InChI=1S/C23H28ClN3O4S.C2HF3O2/c1-16(2)15-25-22(28)17-11-13-27(14-12-17)23(29)18-3-7-20(8-4-18)26-32(30,31)21-9-5-19(24)6-10-21;3-2(4,5)1(6)7/h3-10,16-17,26H,11-15H2,1-2H3,(H,25,28);(H,6,7). The van der Waals surface area contributed by atoms with E-state index in [2.05, 4.69) is 23.9 Å². The highest BCUT2D eigenvalue weighted by molar-refractivity contribution is 7.92. The first-order valence-corrected chi connectivity index (χ1v) is 13.7. The summed E-state index contributed by atoms with van der Waals surface area (Å²) >= 11 is 5.81. The molecule has 2 aromatic carbocycles. The van der Waals surface area contributed by atoms with Crippen molar-refractivity contribution >= 4 is 45.1 Å². The van der Waals surface area contributed by atoms with Crippen LogP contribution >= 0.6 is 11.6 Å². The van der Waals surface area contributed by atoms with Gasteiger partial charge in [-0.25, -0.2) is 13.2 Å². The molecule has 0 unspecified atom stereocenters. The first-order valence-electron chi connectivity index (χ1n) is 11.9. The smallest absolute Gasteiger partial charge is 0.475 e. The predicted molar refractivity (Wildman–Crippen MR) is 139 cm³/mol. The number of nitrogens with one attached hydrogen (secondary N) is 2. The summed E-state index contributed by atoms with van der Waals surface area (Å²) in [5, 5.41) is 10.5. The molecule has 0 spiro atoms. The molecule has 214 valence electrons. The van der Waals surface area contributed by atoms with Crippen LogP contribution in [0.1, 0.15) is 37.0 Å². The van der Waals surface area contributed by atoms with E-state index in [1.54, 1.807) is 29.2 Å². The van der Waals surface area contributed by atoms with Gasteiger partial charge in [0.1, 0.15) is 0 Å². The number of carbonyl (C=O) groups excluding carboxylic acids is 2. The lowest BCUT2D eigenvalue weighted by atomic mass is 9.95. The Bertz CT molecular complexity index is 1250. The van der Waals surface area contributed by atoms with E-state index >= 15 is 0 Å². The van der Waals surface area contributed by atoms with Gasteiger partial charge in [0.15, 0.2) is 0 Å². The van der Waals surface area contributed by atoms with Crippen LogP contribution in [0, 0.1) is 11.8 Å². The van der Waals surface area contributed by atoms with E-state index in [-0.39, 0.29) is 22.6 Å². The largest absolute Gasteiger partial charge is 0.490 e. The first kappa shape index (κ1) is 31.9. The zero-order chi connectivity index (χ0) is 29.4. The number of carboxylic acid groups (broad SMARTS) is 1. The molecule has 1 fully saturated rings. The van der Waals surface area contributed by atoms with E-state index in [4.69, 9.17) is 21.5 Å². The van der Waals surface area contributed by atoms with Gasteiger partial charge in [0, 0.05) is 41.8 Å². The Hall–Kier alpha value is -3.32. The van der Waals surface area contributed by atoms with E-state index in [0.29, 0.717) is 54.7 Å². The van der Waals surface area contributed by atoms with Crippen molar-refractivity contribution in [2.45, 2.75) is 37.8 Å². The Morgan fingerprint density at radius 1 is 1.03 bits per heavy atom. The molecule has 0 bridgehead atoms. The van der Waals surface area contributed by atoms with Crippen molar-refractivity contribution in [3.63, 3.8) is 0 Å². The number of nitrogens with zero attached hydrogens (tertiary/aromatic N) is 1. The van der Waals surface area contributed by atoms with Crippen LogP contribution in [0.3, 0.4) is 0 Å². The number of piperidine rings is 1. The van der Waals surface area contributed by atoms with Gasteiger partial charge in [0.25, 0.3) is 15.9 Å². The van der Waals surface area contributed by atoms with Gasteiger partial charge in [0.2, 0.25) is 5.91 Å². The van der Waals surface area contributed by atoms with Crippen LogP contribution in [0.25, 0.3) is 0 Å². The van der Waals surface area contributed by atoms with Crippen molar-refractivity contribution in [1.29, 1.82) is 0 Å². The molecule has 0 saturated carbocycles. The molecule has 0 aliphatic carbocycles. The Morgan fingerprint density at radius 3 is 2.00 bits per heavy atom. The fourth-order valence-corrected chi connectivity index (χ4v) is 4.67. The molecule has 1 heterocycles. The monoisotopic (exact) mass is 591 g/mol. The summed E-state index contributed by atoms with van der Waals surface area (Å²) in [4.78, 5) is 35.8. The molecule has 14 heteroatoms. The van der Waals surface area contributed by atoms with E-state index in [1.807, 2.05) is 0 Å². The zero-order valence-electron chi connectivity index (χ0n) is 21.2. The average Bonchev–Trinajstić information content (AvgIpc) is 2.87. The van der Waals surface area contributed by atoms with E-state index < -0.39 is 22.2 Å². The van der Waals surface area contributed by atoms with Crippen LogP contribution in [0.2, 0.25) is 5.02 Å². The number of aliphatic carboxylic acids is 1. The molecule has 1 aliphatic heterocycles. The van der Waals surface area contributed by atoms with E-state index in [9.17, 15) is 31.2 Å². The molecule has 2 aromatic rings. The topological polar surface area (TPSA) is 133 Å². The minimum absolute atomic E-state index is 0.0584. The third-order valence-electron chi connectivity index (χ3n) is 5.59. The van der Waals surface area contributed by atoms with Gasteiger partial charge in [0.05, 0.1) is 4.90 Å². The molecule has 3 N–H and O–H groups in total. The maximum atomic E-state index is 12.8. The van der Waals surface area contributed by atoms with Gasteiger partial charge >= 0.3 is 12.1 Å². The third kappa shape index (κ3) is 10.1. The number of rotatable bonds is 7. The summed E-state index contributed by atoms with van der Waals surface area (Å²) in [5.41, 5.74) is 0.833. The highest BCUT2D eigenvalue weighted by Gasteiger charge is 2.38. The lowest BCUT2D eigenvalue weighted by Gasteiger charge is -2.31. The number of likely N-dealkylation sites (tertiary alicyclic amines) is 1. The molecule has 0 aromatic heterocycles. The highest BCUT2D eigenvalue weighted by Crippen LogP contribution is 2.22. The van der Waals surface area contributed by atoms with Crippen LogP contribution in [-0.2, 0) is 19.6 Å². The number of carbonyl (C=O) groups is 3. The highest BCUT2D eigenvalue weighted by atomic mass is 35.5. The van der Waals surface area contributed by atoms with Gasteiger partial charge < -0.3 is 15.3 Å². The van der Waals surface area contributed by atoms with E-state index in [0.717, 1.165) is 0 Å². The normalized spacial score (nSPS) is 14.3. The number of alkyl halides is 3. The fourth-order valence-electron chi connectivity index (χ4n) is 3.49. The Morgan fingerprint density at radius 2 is 1.54 bits per heavy atom. The summed E-state index contributed by atoms with van der Waals surface area (Å²) in [6.07, 6.45) is -3.82. The van der Waals surface area contributed by atoms with Crippen molar-refractivity contribution in [2.75, 3.05) is 24.4 Å². The van der Waals surface area contributed by atoms with Crippen LogP contribution in [0.15, 0.2) is 53.4 Å². The lowest BCUT2D eigenvalue weighted by Crippen LogP contribution is -2.43. The summed E-state index contributed by atoms with van der Waals surface area (Å²) in [6.45, 7) is 5.80. The van der Waals surface area contributed by atoms with Crippen LogP contribution in [-0.4, -0.2) is 62.0 Å². The number of anilines is 1. The fraction of sp³-hybridized carbons (Fsp3) is 0.400. The quantitative estimate of drug-likeness (QED) is 0.437. The van der Waals surface area contributed by atoms with Crippen LogP contribution in [0.5, 0.6) is 0 Å². The average molecular weight is 592 g/mol. The molecule has 3 rings (SSSR count). The Labute approximate surface area is 229 Å². The summed E-state index contributed by atoms with van der Waals surface area (Å²) in [6, 6.07) is 12.2. The molecule has 0 atom stereocenters. The molecule has 1 saturated heterocycles. The van der Waals surface area contributed by atoms with Crippen molar-refractivity contribution in [3.05, 3.63) is 59.1 Å². The summed E-state index contributed by atoms with van der Waals surface area (Å²) in [5.74, 6) is -2.49. The summed E-state index contributed by atoms with van der Waals surface area (Å²) < 4.78 is 59.2. The van der Waals surface area contributed by atoms with Crippen LogP contribution < -0.4 is 10.0 Å². The molecular formula is C25H29ClF3N3O6S. The SMILES string of the molecule is CC(C)CNC(=O)C1CCN(C(=O)c2ccc(NS(=O)(=O)c3ccc(Cl)cc3)cc2)CC1.O=C(O)C(F)(F)F. The van der Waals surface area contributed by atoms with Crippen molar-refractivity contribution in [3.8, 4) is 0 Å². The minimum Gasteiger partial charge on any atom is -0.475 e. The maximum absolute atomic E-state index is 12.8. The Kier molecular flexibility index (Phi) is 11.2. The van der Waals surface area contributed by atoms with E-state index in [1.165, 1.54) is 24.3 Å². The number of hydrogen-bond acceptors (Lipinski definition) is 5. The molecule has 2 amide bonds. The number of halogens is 4. The molecule has 39 heavy (non-hydrogen) atoms. The second-order valence-electron chi connectivity index (χ2n) is 9.15. The number of carboxylic acids is 1. The third-order valence-corrected chi connectivity index (χ3v) is 7.24. The molecule has 9 nitrogen and oxygen atoms in total. The molecule has 1 aliphatic rings. The second kappa shape index (κ2) is 13.7. The van der Waals surface area contributed by atoms with Crippen LogP contribution in [0.4, 0.5) is 18.9 Å². The lowest BCUT2D eigenvalue weighted by molar-refractivity contribution is -0.192. The minimum atomic E-state index is -5.08. The van der Waals surface area contributed by atoms with Gasteiger partial charge in [-0.2, -0.15) is 13.2 Å². The molecular weight excluding hydrogens is 563 g/mol. The van der Waals surface area contributed by atoms with Gasteiger partial charge in [-0.1, -0.05) is 25.4 Å². The number of hydrogen-bond donors (Lipinski definition) is 3. The number of sulfonamides is 1. The van der Waals surface area contributed by atoms with Gasteiger partial charge in [-0.3, -0.25) is 14.3 Å². The first-order chi connectivity index (χ1) is 18.1. The van der Waals surface area contributed by atoms with Gasteiger partial charge in [-0.15, -0.1) is 0 Å². The number of benzene rings is 2. The second-order valence-corrected chi connectivity index (χ2v) is 11.3. The van der Waals surface area contributed by atoms with Gasteiger partial charge in [-0.05, 0) is 67.3 Å². The Balaban J connectivity index is 0.000000673. The van der Waals surface area contributed by atoms with Crippen molar-refractivity contribution in [2.24, 2.45) is 11.8 Å². The number of amides is 2. The predicted octanol–water partition coefficient (Wildman–Crippen LogP) is 4.40. The maximum Gasteiger partial charge on any atom is 0.490 e. The summed E-state index contributed by atoms with van der Waals surface area (Å²) in [7, 11) is -3.75. The van der Waals surface area contributed by atoms with Crippen molar-refractivity contribution < 1.29 is 41.1 Å². The molecule has 0 radical (unpaired) electrons. The van der Waals surface area contributed by atoms with Crippen molar-refractivity contribution in [1.82, 2.24) is 10.2 Å².